The Labute approximate surface area is 168 Å². The zero-order valence-electron chi connectivity index (χ0n) is 16.3. The number of rotatable bonds is 2. The fourth-order valence-corrected chi connectivity index (χ4v) is 4.23. The average molecular weight is 389 g/mol. The van der Waals surface area contributed by atoms with Crippen molar-refractivity contribution in [1.82, 2.24) is 24.6 Å². The van der Waals surface area contributed by atoms with Crippen LogP contribution in [-0.4, -0.2) is 62.6 Å². The first kappa shape index (κ1) is 17.8. The van der Waals surface area contributed by atoms with E-state index in [4.69, 9.17) is 0 Å². The van der Waals surface area contributed by atoms with Gasteiger partial charge in [0.2, 0.25) is 0 Å². The number of fused-ring (bicyclic) bond motifs is 2. The third kappa shape index (κ3) is 3.26. The van der Waals surface area contributed by atoms with Gasteiger partial charge in [0.25, 0.3) is 11.8 Å². The maximum absolute atomic E-state index is 13.0. The lowest BCUT2D eigenvalue weighted by Crippen LogP contribution is -2.50. The molecule has 2 amide bonds. The van der Waals surface area contributed by atoms with E-state index in [1.807, 2.05) is 39.9 Å². The Balaban J connectivity index is 1.26. The summed E-state index contributed by atoms with van der Waals surface area (Å²) < 4.78 is 1.96. The predicted molar refractivity (Wildman–Crippen MR) is 109 cm³/mol. The molecule has 4 heterocycles. The Hall–Kier alpha value is -3.22. The fraction of sp³-hybridized carbons (Fsp3) is 0.364. The van der Waals surface area contributed by atoms with E-state index >= 15 is 0 Å². The Bertz CT molecular complexity index is 1080. The molecule has 0 saturated carbocycles. The standard InChI is InChI=1S/C22H23N5O2/c28-21(17-15-23-27-10-4-3-7-20(17)27)25-11-13-26(14-12-25)22(29)19-9-8-16-5-1-2-6-18(16)24-19/h1-2,5-6,8-9,15H,3-4,7,10-14H2. The molecule has 1 aromatic carbocycles. The molecular formula is C22H23N5O2. The Morgan fingerprint density at radius 2 is 1.59 bits per heavy atom. The molecule has 3 aromatic rings. The van der Waals surface area contributed by atoms with Crippen molar-refractivity contribution in [3.05, 3.63) is 59.5 Å². The largest absolute Gasteiger partial charge is 0.335 e. The zero-order valence-corrected chi connectivity index (χ0v) is 16.3. The van der Waals surface area contributed by atoms with Crippen molar-refractivity contribution >= 4 is 22.7 Å². The van der Waals surface area contributed by atoms with E-state index in [1.54, 1.807) is 17.2 Å². The highest BCUT2D eigenvalue weighted by Crippen LogP contribution is 2.21. The smallest absolute Gasteiger partial charge is 0.272 e. The summed E-state index contributed by atoms with van der Waals surface area (Å²) in [5, 5.41) is 5.39. The van der Waals surface area contributed by atoms with E-state index < -0.39 is 0 Å². The van der Waals surface area contributed by atoms with Crippen molar-refractivity contribution in [3.63, 3.8) is 0 Å². The van der Waals surface area contributed by atoms with Crippen LogP contribution in [0.15, 0.2) is 42.6 Å². The van der Waals surface area contributed by atoms with Gasteiger partial charge in [0.1, 0.15) is 5.69 Å². The number of hydrogen-bond donors (Lipinski definition) is 0. The summed E-state index contributed by atoms with van der Waals surface area (Å²) in [6, 6.07) is 11.5. The summed E-state index contributed by atoms with van der Waals surface area (Å²) in [5.74, 6) is -0.0464. The molecule has 1 fully saturated rings. The first-order valence-electron chi connectivity index (χ1n) is 10.2. The molecule has 0 radical (unpaired) electrons. The van der Waals surface area contributed by atoms with Crippen LogP contribution in [0.3, 0.4) is 0 Å². The molecule has 0 bridgehead atoms. The monoisotopic (exact) mass is 389 g/mol. The van der Waals surface area contributed by atoms with Crippen LogP contribution in [0, 0.1) is 0 Å². The third-order valence-electron chi connectivity index (χ3n) is 5.88. The summed E-state index contributed by atoms with van der Waals surface area (Å²) in [4.78, 5) is 34.0. The van der Waals surface area contributed by atoms with Gasteiger partial charge in [0.05, 0.1) is 23.0 Å². The van der Waals surface area contributed by atoms with Crippen molar-refractivity contribution in [1.29, 1.82) is 0 Å². The van der Waals surface area contributed by atoms with Gasteiger partial charge in [-0.05, 0) is 31.4 Å². The molecular weight excluding hydrogens is 366 g/mol. The average Bonchev–Trinajstić information content (AvgIpc) is 3.22. The minimum atomic E-state index is -0.0780. The molecule has 2 aromatic heterocycles. The number of aryl methyl sites for hydroxylation is 1. The maximum atomic E-state index is 13.0. The number of pyridine rings is 1. The van der Waals surface area contributed by atoms with E-state index in [2.05, 4.69) is 10.1 Å². The lowest BCUT2D eigenvalue weighted by molar-refractivity contribution is 0.0531. The summed E-state index contributed by atoms with van der Waals surface area (Å²) in [6.07, 6.45) is 4.84. The van der Waals surface area contributed by atoms with E-state index in [-0.39, 0.29) is 11.8 Å². The van der Waals surface area contributed by atoms with Crippen LogP contribution < -0.4 is 0 Å². The number of hydrogen-bond acceptors (Lipinski definition) is 4. The van der Waals surface area contributed by atoms with Crippen LogP contribution in [-0.2, 0) is 13.0 Å². The quantitative estimate of drug-likeness (QED) is 0.675. The number of nitrogens with zero attached hydrogens (tertiary/aromatic N) is 5. The number of piperazine rings is 1. The predicted octanol–water partition coefficient (Wildman–Crippen LogP) is 2.37. The molecule has 0 atom stereocenters. The molecule has 0 N–H and O–H groups in total. The van der Waals surface area contributed by atoms with Crippen molar-refractivity contribution in [3.8, 4) is 0 Å². The first-order valence-corrected chi connectivity index (χ1v) is 10.2. The van der Waals surface area contributed by atoms with Crippen molar-refractivity contribution in [2.75, 3.05) is 26.2 Å². The number of aromatic nitrogens is 3. The topological polar surface area (TPSA) is 71.3 Å². The molecule has 148 valence electrons. The molecule has 7 nitrogen and oxygen atoms in total. The van der Waals surface area contributed by atoms with Gasteiger partial charge in [-0.3, -0.25) is 14.3 Å². The highest BCUT2D eigenvalue weighted by Gasteiger charge is 2.29. The highest BCUT2D eigenvalue weighted by atomic mass is 16.2. The summed E-state index contributed by atoms with van der Waals surface area (Å²) in [7, 11) is 0. The zero-order chi connectivity index (χ0) is 19.8. The number of carbonyl (C=O) groups excluding carboxylic acids is 2. The number of carbonyl (C=O) groups is 2. The molecule has 2 aliphatic rings. The molecule has 7 heteroatoms. The summed E-state index contributed by atoms with van der Waals surface area (Å²) in [6.45, 7) is 2.99. The summed E-state index contributed by atoms with van der Waals surface area (Å²) in [5.41, 5.74) is 3.05. The van der Waals surface area contributed by atoms with Crippen LogP contribution in [0.2, 0.25) is 0 Å². The van der Waals surface area contributed by atoms with Crippen molar-refractivity contribution in [2.45, 2.75) is 25.8 Å². The van der Waals surface area contributed by atoms with Gasteiger partial charge < -0.3 is 9.80 Å². The Morgan fingerprint density at radius 3 is 2.41 bits per heavy atom. The number of para-hydroxylation sites is 1. The van der Waals surface area contributed by atoms with E-state index in [0.717, 1.165) is 48.0 Å². The van der Waals surface area contributed by atoms with Gasteiger partial charge in [-0.1, -0.05) is 24.3 Å². The van der Waals surface area contributed by atoms with Crippen LogP contribution in [0.4, 0.5) is 0 Å². The Morgan fingerprint density at radius 1 is 0.828 bits per heavy atom. The maximum Gasteiger partial charge on any atom is 0.272 e. The third-order valence-corrected chi connectivity index (χ3v) is 5.88. The fourth-order valence-electron chi connectivity index (χ4n) is 4.23. The highest BCUT2D eigenvalue weighted by molar-refractivity contribution is 5.96. The van der Waals surface area contributed by atoms with Gasteiger partial charge in [-0.25, -0.2) is 4.98 Å². The molecule has 0 unspecified atom stereocenters. The lowest BCUT2D eigenvalue weighted by atomic mass is 10.1. The van der Waals surface area contributed by atoms with Crippen molar-refractivity contribution in [2.24, 2.45) is 0 Å². The van der Waals surface area contributed by atoms with Gasteiger partial charge >= 0.3 is 0 Å². The number of benzene rings is 1. The molecule has 1 saturated heterocycles. The minimum Gasteiger partial charge on any atom is -0.335 e. The first-order chi connectivity index (χ1) is 14.2. The molecule has 0 spiro atoms. The van der Waals surface area contributed by atoms with Gasteiger partial charge in [-0.2, -0.15) is 5.10 Å². The molecule has 5 rings (SSSR count). The van der Waals surface area contributed by atoms with Crippen LogP contribution in [0.25, 0.3) is 10.9 Å². The molecule has 0 aliphatic carbocycles. The van der Waals surface area contributed by atoms with Gasteiger partial charge in [0.15, 0.2) is 0 Å². The second-order valence-corrected chi connectivity index (χ2v) is 7.66. The second-order valence-electron chi connectivity index (χ2n) is 7.66. The molecule has 29 heavy (non-hydrogen) atoms. The minimum absolute atomic E-state index is 0.0316. The van der Waals surface area contributed by atoms with E-state index in [0.29, 0.717) is 31.9 Å². The van der Waals surface area contributed by atoms with E-state index in [9.17, 15) is 9.59 Å². The summed E-state index contributed by atoms with van der Waals surface area (Å²) >= 11 is 0. The van der Waals surface area contributed by atoms with Crippen LogP contribution in [0.5, 0.6) is 0 Å². The SMILES string of the molecule is O=C(c1ccc2ccccc2n1)N1CCN(C(=O)c2cnn3c2CCCC3)CC1. The van der Waals surface area contributed by atoms with Gasteiger partial charge in [0, 0.05) is 38.1 Å². The lowest BCUT2D eigenvalue weighted by Gasteiger charge is -2.34. The van der Waals surface area contributed by atoms with E-state index in [1.165, 1.54) is 0 Å². The van der Waals surface area contributed by atoms with Crippen LogP contribution >= 0.6 is 0 Å². The molecule has 2 aliphatic heterocycles. The van der Waals surface area contributed by atoms with Crippen molar-refractivity contribution < 1.29 is 9.59 Å². The number of amides is 2. The Kier molecular flexibility index (Phi) is 4.50. The van der Waals surface area contributed by atoms with Crippen LogP contribution in [0.1, 0.15) is 39.4 Å². The normalized spacial score (nSPS) is 16.7. The second kappa shape index (κ2) is 7.31. The van der Waals surface area contributed by atoms with Gasteiger partial charge in [-0.15, -0.1) is 0 Å².